The minimum Gasteiger partial charge on any atom is -0.488 e. The Morgan fingerprint density at radius 1 is 0.926 bits per heavy atom. The number of para-hydroxylation sites is 1. The number of benzene rings is 3. The standard InChI is InChI=1S/C23H21BrO3/c1-2-17-6-3-4-8-20(17)21-9-5-7-19(14-24)22(21)27-15-16-10-12-18(13-11-16)23(25)26/h3-13H,2,14-15H2,1H3,(H,25,26). The first-order valence-corrected chi connectivity index (χ1v) is 9.97. The van der Waals surface area contributed by atoms with Gasteiger partial charge in [0.05, 0.1) is 5.56 Å². The van der Waals surface area contributed by atoms with Gasteiger partial charge >= 0.3 is 5.97 Å². The molecule has 0 aliphatic carbocycles. The molecular weight excluding hydrogens is 404 g/mol. The molecule has 27 heavy (non-hydrogen) atoms. The minimum atomic E-state index is -0.925. The van der Waals surface area contributed by atoms with Crippen molar-refractivity contribution in [3.8, 4) is 16.9 Å². The van der Waals surface area contributed by atoms with E-state index in [1.54, 1.807) is 24.3 Å². The summed E-state index contributed by atoms with van der Waals surface area (Å²) in [6.07, 6.45) is 0.949. The zero-order valence-corrected chi connectivity index (χ0v) is 16.7. The molecule has 1 N–H and O–H groups in total. The third kappa shape index (κ3) is 4.40. The first-order valence-electron chi connectivity index (χ1n) is 8.85. The van der Waals surface area contributed by atoms with Crippen LogP contribution in [0.2, 0.25) is 0 Å². The highest BCUT2D eigenvalue weighted by atomic mass is 79.9. The van der Waals surface area contributed by atoms with E-state index in [2.05, 4.69) is 53.2 Å². The molecular formula is C23H21BrO3. The molecule has 0 heterocycles. The number of alkyl halides is 1. The fourth-order valence-corrected chi connectivity index (χ4v) is 3.50. The van der Waals surface area contributed by atoms with Gasteiger partial charge in [0.2, 0.25) is 0 Å². The Hall–Kier alpha value is -2.59. The number of rotatable bonds is 7. The second-order valence-electron chi connectivity index (χ2n) is 6.23. The SMILES string of the molecule is CCc1ccccc1-c1cccc(CBr)c1OCc1ccc(C(=O)O)cc1. The summed E-state index contributed by atoms with van der Waals surface area (Å²) in [6, 6.07) is 21.3. The highest BCUT2D eigenvalue weighted by Crippen LogP contribution is 2.37. The summed E-state index contributed by atoms with van der Waals surface area (Å²) in [5.41, 5.74) is 5.82. The number of ether oxygens (including phenoxy) is 1. The molecule has 0 saturated heterocycles. The maximum atomic E-state index is 11.0. The van der Waals surface area contributed by atoms with Gasteiger partial charge in [0.25, 0.3) is 0 Å². The summed E-state index contributed by atoms with van der Waals surface area (Å²) in [5.74, 6) is -0.0665. The van der Waals surface area contributed by atoms with Crippen molar-refractivity contribution in [1.29, 1.82) is 0 Å². The van der Waals surface area contributed by atoms with Crippen LogP contribution in [0.3, 0.4) is 0 Å². The quantitative estimate of drug-likeness (QED) is 0.466. The topological polar surface area (TPSA) is 46.5 Å². The van der Waals surface area contributed by atoms with Crippen molar-refractivity contribution in [2.24, 2.45) is 0 Å². The number of carboxylic acids is 1. The monoisotopic (exact) mass is 424 g/mol. The first kappa shape index (κ1) is 19.2. The zero-order chi connectivity index (χ0) is 19.2. The van der Waals surface area contributed by atoms with E-state index in [1.165, 1.54) is 11.1 Å². The Bertz CT molecular complexity index is 933. The lowest BCUT2D eigenvalue weighted by molar-refractivity contribution is 0.0697. The van der Waals surface area contributed by atoms with Crippen LogP contribution in [0.1, 0.15) is 34.0 Å². The molecule has 0 radical (unpaired) electrons. The average Bonchev–Trinajstić information content (AvgIpc) is 2.72. The zero-order valence-electron chi connectivity index (χ0n) is 15.1. The average molecular weight is 425 g/mol. The number of halogens is 1. The molecule has 3 rings (SSSR count). The van der Waals surface area contributed by atoms with Crippen molar-refractivity contribution in [2.75, 3.05) is 0 Å². The Balaban J connectivity index is 1.93. The molecule has 0 spiro atoms. The fraction of sp³-hybridized carbons (Fsp3) is 0.174. The van der Waals surface area contributed by atoms with Crippen molar-refractivity contribution < 1.29 is 14.6 Å². The minimum absolute atomic E-state index is 0.275. The Labute approximate surface area is 167 Å². The van der Waals surface area contributed by atoms with Crippen LogP contribution in [0, 0.1) is 0 Å². The summed E-state index contributed by atoms with van der Waals surface area (Å²) >= 11 is 3.56. The van der Waals surface area contributed by atoms with E-state index >= 15 is 0 Å². The largest absolute Gasteiger partial charge is 0.488 e. The maximum Gasteiger partial charge on any atom is 0.335 e. The Morgan fingerprint density at radius 3 is 2.26 bits per heavy atom. The van der Waals surface area contributed by atoms with Gasteiger partial charge in [0.15, 0.2) is 0 Å². The van der Waals surface area contributed by atoms with Gasteiger partial charge in [-0.05, 0) is 35.2 Å². The molecule has 3 aromatic carbocycles. The summed E-state index contributed by atoms with van der Waals surface area (Å²) < 4.78 is 6.22. The molecule has 0 saturated carbocycles. The van der Waals surface area contributed by atoms with Crippen LogP contribution in [0.5, 0.6) is 5.75 Å². The lowest BCUT2D eigenvalue weighted by Crippen LogP contribution is -2.02. The van der Waals surface area contributed by atoms with Gasteiger partial charge in [-0.3, -0.25) is 0 Å². The normalized spacial score (nSPS) is 10.6. The van der Waals surface area contributed by atoms with Crippen molar-refractivity contribution in [3.63, 3.8) is 0 Å². The molecule has 0 amide bonds. The lowest BCUT2D eigenvalue weighted by Gasteiger charge is -2.17. The molecule has 0 atom stereocenters. The van der Waals surface area contributed by atoms with Gasteiger partial charge in [-0.25, -0.2) is 4.79 Å². The van der Waals surface area contributed by atoms with Crippen molar-refractivity contribution in [1.82, 2.24) is 0 Å². The number of aromatic carboxylic acids is 1. The van der Waals surface area contributed by atoms with E-state index in [-0.39, 0.29) is 5.56 Å². The van der Waals surface area contributed by atoms with Crippen LogP contribution in [0.4, 0.5) is 0 Å². The summed E-state index contributed by atoms with van der Waals surface area (Å²) in [7, 11) is 0. The van der Waals surface area contributed by atoms with Crippen molar-refractivity contribution in [2.45, 2.75) is 25.3 Å². The third-order valence-electron chi connectivity index (χ3n) is 4.51. The third-order valence-corrected chi connectivity index (χ3v) is 5.12. The van der Waals surface area contributed by atoms with Crippen molar-refractivity contribution >= 4 is 21.9 Å². The van der Waals surface area contributed by atoms with Gasteiger partial charge in [-0.15, -0.1) is 0 Å². The van der Waals surface area contributed by atoms with Gasteiger partial charge in [0.1, 0.15) is 12.4 Å². The molecule has 138 valence electrons. The summed E-state index contributed by atoms with van der Waals surface area (Å²) in [5, 5.41) is 9.72. The maximum absolute atomic E-state index is 11.0. The van der Waals surface area contributed by atoms with E-state index in [4.69, 9.17) is 9.84 Å². The van der Waals surface area contributed by atoms with Crippen LogP contribution in [-0.4, -0.2) is 11.1 Å². The van der Waals surface area contributed by atoms with Crippen molar-refractivity contribution in [3.05, 3.63) is 89.0 Å². The van der Waals surface area contributed by atoms with Crippen LogP contribution in [-0.2, 0) is 18.4 Å². The number of aryl methyl sites for hydroxylation is 1. The number of hydrogen-bond acceptors (Lipinski definition) is 2. The molecule has 0 aromatic heterocycles. The van der Waals surface area contributed by atoms with E-state index < -0.39 is 5.97 Å². The van der Waals surface area contributed by atoms with Gasteiger partial charge < -0.3 is 9.84 Å². The smallest absolute Gasteiger partial charge is 0.335 e. The predicted molar refractivity (Wildman–Crippen MR) is 112 cm³/mol. The van der Waals surface area contributed by atoms with Crippen LogP contribution >= 0.6 is 15.9 Å². The highest BCUT2D eigenvalue weighted by Gasteiger charge is 2.14. The molecule has 3 nitrogen and oxygen atoms in total. The van der Waals surface area contributed by atoms with Gasteiger partial charge in [0, 0.05) is 16.5 Å². The molecule has 4 heteroatoms. The van der Waals surface area contributed by atoms with Gasteiger partial charge in [-0.1, -0.05) is 77.5 Å². The summed E-state index contributed by atoms with van der Waals surface area (Å²) in [4.78, 5) is 11.0. The lowest BCUT2D eigenvalue weighted by atomic mass is 9.96. The van der Waals surface area contributed by atoms with Gasteiger partial charge in [-0.2, -0.15) is 0 Å². The second-order valence-corrected chi connectivity index (χ2v) is 6.79. The molecule has 0 bridgehead atoms. The molecule has 3 aromatic rings. The number of carboxylic acid groups (broad SMARTS) is 1. The Kier molecular flexibility index (Phi) is 6.30. The predicted octanol–water partition coefficient (Wildman–Crippen LogP) is 6.09. The molecule has 0 unspecified atom stereocenters. The molecule has 0 aliphatic rings. The molecule has 0 aliphatic heterocycles. The number of carbonyl (C=O) groups is 1. The van der Waals surface area contributed by atoms with E-state index in [0.29, 0.717) is 11.9 Å². The van der Waals surface area contributed by atoms with Crippen LogP contribution in [0.15, 0.2) is 66.7 Å². The number of hydrogen-bond donors (Lipinski definition) is 1. The van der Waals surface area contributed by atoms with Crippen LogP contribution in [0.25, 0.3) is 11.1 Å². The van der Waals surface area contributed by atoms with Crippen LogP contribution < -0.4 is 4.74 Å². The Morgan fingerprint density at radius 2 is 1.59 bits per heavy atom. The molecule has 0 fully saturated rings. The second kappa shape index (κ2) is 8.87. The fourth-order valence-electron chi connectivity index (χ4n) is 3.06. The highest BCUT2D eigenvalue weighted by molar-refractivity contribution is 9.08. The first-order chi connectivity index (χ1) is 13.1. The van der Waals surface area contributed by atoms with E-state index in [9.17, 15) is 4.79 Å². The van der Waals surface area contributed by atoms with E-state index in [0.717, 1.165) is 28.9 Å². The summed E-state index contributed by atoms with van der Waals surface area (Å²) in [6.45, 7) is 2.53. The van der Waals surface area contributed by atoms with E-state index in [1.807, 2.05) is 12.1 Å².